The lowest BCUT2D eigenvalue weighted by Gasteiger charge is -2.17. The summed E-state index contributed by atoms with van der Waals surface area (Å²) in [6.07, 6.45) is -0.205. The van der Waals surface area contributed by atoms with Crippen LogP contribution in [0.1, 0.15) is 33.9 Å². The normalized spacial score (nSPS) is 16.5. The third-order valence-electron chi connectivity index (χ3n) is 5.77. The number of carbonyl (C=O) groups is 3. The fraction of sp³-hybridized carbons (Fsp3) is 0.200. The van der Waals surface area contributed by atoms with Gasteiger partial charge >= 0.3 is 11.7 Å². The molecular weight excluding hydrogens is 528 g/mol. The molecule has 6 N–H and O–H groups in total. The van der Waals surface area contributed by atoms with Crippen LogP contribution in [0, 0.1) is 0 Å². The van der Waals surface area contributed by atoms with E-state index in [0.29, 0.717) is 11.3 Å². The number of carboxylic acid groups (broad SMARTS) is 1. The zero-order valence-electron chi connectivity index (χ0n) is 20.7. The number of amides is 2. The highest BCUT2D eigenvalue weighted by Gasteiger charge is 2.34. The molecule has 0 unspecified atom stereocenters. The lowest BCUT2D eigenvalue weighted by atomic mass is 10.0. The minimum absolute atomic E-state index is 0.0675. The van der Waals surface area contributed by atoms with Crippen LogP contribution in [0.15, 0.2) is 63.1 Å². The Labute approximate surface area is 225 Å². The molecule has 13 nitrogen and oxygen atoms in total. The number of rotatable bonds is 8. The van der Waals surface area contributed by atoms with E-state index in [1.165, 1.54) is 24.3 Å². The predicted octanol–water partition coefficient (Wildman–Crippen LogP) is 1.24. The van der Waals surface area contributed by atoms with Crippen molar-refractivity contribution in [3.05, 3.63) is 86.1 Å². The number of benzene rings is 2. The van der Waals surface area contributed by atoms with Gasteiger partial charge in [0.2, 0.25) is 17.7 Å². The molecule has 1 aliphatic rings. The number of H-pyrrole nitrogens is 2. The van der Waals surface area contributed by atoms with E-state index in [1.54, 1.807) is 24.3 Å². The standard InChI is InChI=1S/C25H24N6O7S/c1-31(2)15-9-5-12(6-10-15)19(18-21(34)28-24(38)29-22(18)35)27-25-30-20(33)16(39-25)11-17(32)26-14-7-3-13(4-8-14)23(36)37/h3-10,16,19H,11H2,1-2H3,(H,26,32)(H,36,37)(H,27,30,33)(H3,28,29,34,35,38)/t16-,19-/m0/s1. The number of carboxylic acids is 1. The molecule has 2 atom stereocenters. The second kappa shape index (κ2) is 11.3. The van der Waals surface area contributed by atoms with Gasteiger partial charge in [0.05, 0.1) is 5.56 Å². The Hall–Kier alpha value is -4.85. The molecule has 2 heterocycles. The van der Waals surface area contributed by atoms with E-state index < -0.39 is 46.2 Å². The number of hydrogen-bond donors (Lipinski definition) is 6. The third-order valence-corrected chi connectivity index (χ3v) is 6.86. The third kappa shape index (κ3) is 6.35. The van der Waals surface area contributed by atoms with Gasteiger partial charge in [-0.25, -0.2) is 14.6 Å². The second-order valence-electron chi connectivity index (χ2n) is 8.72. The summed E-state index contributed by atoms with van der Waals surface area (Å²) < 4.78 is 0. The average molecular weight is 553 g/mol. The number of hydrogen-bond acceptors (Lipinski definition) is 9. The molecule has 3 aromatic rings. The van der Waals surface area contributed by atoms with Crippen LogP contribution in [-0.4, -0.2) is 62.5 Å². The minimum Gasteiger partial charge on any atom is -0.494 e. The molecule has 4 rings (SSSR count). The van der Waals surface area contributed by atoms with Gasteiger partial charge < -0.3 is 25.7 Å². The van der Waals surface area contributed by atoms with E-state index in [4.69, 9.17) is 5.11 Å². The molecule has 14 heteroatoms. The summed E-state index contributed by atoms with van der Waals surface area (Å²) in [6, 6.07) is 11.5. The molecule has 2 amide bonds. The summed E-state index contributed by atoms with van der Waals surface area (Å²) in [5.41, 5.74) is -0.141. The maximum atomic E-state index is 12.6. The topological polar surface area (TPSA) is 197 Å². The van der Waals surface area contributed by atoms with Crippen molar-refractivity contribution in [3.63, 3.8) is 0 Å². The lowest BCUT2D eigenvalue weighted by Crippen LogP contribution is -2.29. The molecule has 0 saturated carbocycles. The number of nitrogens with zero attached hydrogens (tertiary/aromatic N) is 2. The van der Waals surface area contributed by atoms with E-state index in [2.05, 4.69) is 25.6 Å². The fourth-order valence-electron chi connectivity index (χ4n) is 3.79. The largest absolute Gasteiger partial charge is 0.494 e. The van der Waals surface area contributed by atoms with Gasteiger partial charge in [-0.2, -0.15) is 0 Å². The maximum Gasteiger partial charge on any atom is 0.335 e. The molecule has 39 heavy (non-hydrogen) atoms. The average Bonchev–Trinajstić information content (AvgIpc) is 3.21. The SMILES string of the molecule is CN(C)c1ccc([C@H](N=C2NC(=O)[C@H](CC(=O)Nc3ccc(C(=O)O)cc3)S2)c2c(O)[nH]c(=O)[nH]c2=O)cc1. The molecule has 0 bridgehead atoms. The van der Waals surface area contributed by atoms with Crippen molar-refractivity contribution in [1.82, 2.24) is 15.3 Å². The van der Waals surface area contributed by atoms with E-state index in [1.807, 2.05) is 19.0 Å². The number of aromatic hydroxyl groups is 1. The first-order valence-corrected chi connectivity index (χ1v) is 12.4. The molecule has 0 aliphatic carbocycles. The Morgan fingerprint density at radius 2 is 1.72 bits per heavy atom. The summed E-state index contributed by atoms with van der Waals surface area (Å²) in [6.45, 7) is 0. The van der Waals surface area contributed by atoms with Crippen molar-refractivity contribution >= 4 is 46.1 Å². The van der Waals surface area contributed by atoms with Crippen LogP contribution in [-0.2, 0) is 9.59 Å². The van der Waals surface area contributed by atoms with Crippen molar-refractivity contribution < 1.29 is 24.6 Å². The first-order valence-electron chi connectivity index (χ1n) is 11.5. The van der Waals surface area contributed by atoms with Crippen molar-refractivity contribution in [2.45, 2.75) is 17.7 Å². The zero-order chi connectivity index (χ0) is 28.3. The van der Waals surface area contributed by atoms with E-state index in [0.717, 1.165) is 17.4 Å². The van der Waals surface area contributed by atoms with Crippen LogP contribution in [0.2, 0.25) is 0 Å². The van der Waals surface area contributed by atoms with E-state index >= 15 is 0 Å². The van der Waals surface area contributed by atoms with Gasteiger partial charge in [0.15, 0.2) is 5.17 Å². The van der Waals surface area contributed by atoms with Crippen LogP contribution in [0.5, 0.6) is 5.88 Å². The van der Waals surface area contributed by atoms with Gasteiger partial charge in [-0.3, -0.25) is 24.4 Å². The Bertz CT molecular complexity index is 1560. The molecule has 0 radical (unpaired) electrons. The number of thioether (sulfide) groups is 1. The number of aliphatic imine (C=N–C) groups is 1. The van der Waals surface area contributed by atoms with Crippen LogP contribution < -0.4 is 26.8 Å². The predicted molar refractivity (Wildman–Crippen MR) is 146 cm³/mol. The highest BCUT2D eigenvalue weighted by atomic mass is 32.2. The van der Waals surface area contributed by atoms with Crippen molar-refractivity contribution in [3.8, 4) is 5.88 Å². The molecule has 202 valence electrons. The van der Waals surface area contributed by atoms with Crippen LogP contribution in [0.4, 0.5) is 11.4 Å². The number of nitrogens with one attached hydrogen (secondary N) is 4. The summed E-state index contributed by atoms with van der Waals surface area (Å²) in [7, 11) is 3.72. The van der Waals surface area contributed by atoms with Crippen molar-refractivity contribution in [2.24, 2.45) is 4.99 Å². The van der Waals surface area contributed by atoms with Gasteiger partial charge in [-0.05, 0) is 42.0 Å². The Balaban J connectivity index is 1.57. The van der Waals surface area contributed by atoms with Gasteiger partial charge in [0.1, 0.15) is 16.9 Å². The Morgan fingerprint density at radius 3 is 2.31 bits per heavy atom. The summed E-state index contributed by atoms with van der Waals surface area (Å²) >= 11 is 0.981. The van der Waals surface area contributed by atoms with Gasteiger partial charge in [-0.1, -0.05) is 23.9 Å². The number of aromatic carboxylic acids is 1. The maximum absolute atomic E-state index is 12.6. The molecule has 2 aromatic carbocycles. The van der Waals surface area contributed by atoms with Crippen molar-refractivity contribution in [2.75, 3.05) is 24.3 Å². The van der Waals surface area contributed by atoms with E-state index in [-0.39, 0.29) is 22.7 Å². The Morgan fingerprint density at radius 1 is 1.05 bits per heavy atom. The van der Waals surface area contributed by atoms with E-state index in [9.17, 15) is 29.1 Å². The fourth-order valence-corrected chi connectivity index (χ4v) is 4.79. The van der Waals surface area contributed by atoms with Gasteiger partial charge in [0.25, 0.3) is 5.56 Å². The molecule has 1 aliphatic heterocycles. The Kier molecular flexibility index (Phi) is 7.85. The summed E-state index contributed by atoms with van der Waals surface area (Å²) in [4.78, 5) is 71.0. The van der Waals surface area contributed by atoms with Crippen LogP contribution in [0.3, 0.4) is 0 Å². The molecular formula is C25H24N6O7S. The van der Waals surface area contributed by atoms with Crippen molar-refractivity contribution in [1.29, 1.82) is 0 Å². The summed E-state index contributed by atoms with van der Waals surface area (Å²) in [5, 5.41) is 23.9. The molecule has 0 spiro atoms. The highest BCUT2D eigenvalue weighted by molar-refractivity contribution is 8.15. The monoisotopic (exact) mass is 552 g/mol. The zero-order valence-corrected chi connectivity index (χ0v) is 21.5. The minimum atomic E-state index is -1.09. The lowest BCUT2D eigenvalue weighted by molar-refractivity contribution is -0.122. The molecule has 1 fully saturated rings. The van der Waals surface area contributed by atoms with Gasteiger partial charge in [-0.15, -0.1) is 0 Å². The quantitative estimate of drug-likeness (QED) is 0.238. The number of aromatic amines is 2. The first kappa shape index (κ1) is 27.2. The number of anilines is 2. The molecule has 1 aromatic heterocycles. The second-order valence-corrected chi connectivity index (χ2v) is 9.92. The summed E-state index contributed by atoms with van der Waals surface area (Å²) in [5.74, 6) is -2.70. The number of amidine groups is 1. The smallest absolute Gasteiger partial charge is 0.335 e. The van der Waals surface area contributed by atoms with Crippen LogP contribution >= 0.6 is 11.8 Å². The first-order chi connectivity index (χ1) is 18.5. The van der Waals surface area contributed by atoms with Gasteiger partial charge in [0, 0.05) is 31.9 Å². The number of carbonyl (C=O) groups excluding carboxylic acids is 2. The van der Waals surface area contributed by atoms with Crippen LogP contribution in [0.25, 0.3) is 0 Å². The highest BCUT2D eigenvalue weighted by Crippen LogP contribution is 2.32. The molecule has 1 saturated heterocycles. The number of aromatic nitrogens is 2.